The minimum absolute atomic E-state index is 0.108. The molecule has 0 saturated carbocycles. The first kappa shape index (κ1) is 16.9. The van der Waals surface area contributed by atoms with Crippen LogP contribution in [0.25, 0.3) is 11.1 Å². The normalized spacial score (nSPS) is 17.3. The highest BCUT2D eigenvalue weighted by molar-refractivity contribution is 5.99. The van der Waals surface area contributed by atoms with Gasteiger partial charge in [0, 0.05) is 44.0 Å². The van der Waals surface area contributed by atoms with Crippen molar-refractivity contribution in [2.24, 2.45) is 12.0 Å². The molecule has 0 bridgehead atoms. The van der Waals surface area contributed by atoms with E-state index in [1.54, 1.807) is 9.58 Å². The van der Waals surface area contributed by atoms with Crippen molar-refractivity contribution in [2.75, 3.05) is 6.54 Å². The van der Waals surface area contributed by atoms with Crippen LogP contribution in [0.5, 0.6) is 0 Å². The molecule has 0 radical (unpaired) electrons. The molecule has 2 aliphatic rings. The fourth-order valence-corrected chi connectivity index (χ4v) is 4.09. The number of aromatic nitrogens is 2. The van der Waals surface area contributed by atoms with Gasteiger partial charge >= 0.3 is 0 Å². The molecule has 2 aromatic carbocycles. The van der Waals surface area contributed by atoms with E-state index in [4.69, 9.17) is 0 Å². The summed E-state index contributed by atoms with van der Waals surface area (Å²) in [6, 6.07) is 9.56. The molecule has 0 N–H and O–H groups in total. The van der Waals surface area contributed by atoms with Crippen LogP contribution in [0.2, 0.25) is 0 Å². The molecule has 1 amide bonds. The first-order chi connectivity index (χ1) is 13.5. The number of hydrogen-bond donors (Lipinski definition) is 0. The first-order valence-electron chi connectivity index (χ1n) is 9.34. The van der Waals surface area contributed by atoms with E-state index in [0.29, 0.717) is 13.1 Å². The lowest BCUT2D eigenvalue weighted by atomic mass is 9.90. The minimum atomic E-state index is -0.442. The van der Waals surface area contributed by atoms with Crippen molar-refractivity contribution in [1.29, 1.82) is 0 Å². The third-order valence-corrected chi connectivity index (χ3v) is 5.56. The van der Waals surface area contributed by atoms with Crippen molar-refractivity contribution in [2.45, 2.75) is 19.4 Å². The lowest BCUT2D eigenvalue weighted by Crippen LogP contribution is -2.23. The Hall–Kier alpha value is -3.28. The van der Waals surface area contributed by atoms with Gasteiger partial charge < -0.3 is 4.90 Å². The molecule has 1 unspecified atom stereocenters. The van der Waals surface area contributed by atoms with Gasteiger partial charge in [0.15, 0.2) is 0 Å². The number of carbonyl (C=O) groups is 1. The van der Waals surface area contributed by atoms with Crippen molar-refractivity contribution in [3.63, 3.8) is 0 Å². The topological polar surface area (TPSA) is 50.5 Å². The molecule has 0 saturated heterocycles. The van der Waals surface area contributed by atoms with Gasteiger partial charge in [-0.3, -0.25) is 14.5 Å². The molecule has 3 aromatic rings. The second-order valence-corrected chi connectivity index (χ2v) is 7.29. The number of halogens is 1. The van der Waals surface area contributed by atoms with Gasteiger partial charge in [0.05, 0.1) is 17.4 Å². The SMILES string of the molecule is CCN1Cc2cc(C3C=Nc4cc(-c5cnn(C)c5)ccc43)cc(F)c2C1=O. The van der Waals surface area contributed by atoms with Gasteiger partial charge in [-0.2, -0.15) is 5.10 Å². The van der Waals surface area contributed by atoms with Crippen LogP contribution in [-0.4, -0.2) is 33.3 Å². The number of aliphatic imine (C=N–C) groups is 1. The molecule has 28 heavy (non-hydrogen) atoms. The van der Waals surface area contributed by atoms with Crippen LogP contribution in [0.1, 0.15) is 39.9 Å². The van der Waals surface area contributed by atoms with Gasteiger partial charge in [-0.05, 0) is 41.3 Å². The van der Waals surface area contributed by atoms with Crippen LogP contribution < -0.4 is 0 Å². The highest BCUT2D eigenvalue weighted by Gasteiger charge is 2.32. The molecule has 2 aliphatic heterocycles. The quantitative estimate of drug-likeness (QED) is 0.694. The predicted octanol–water partition coefficient (Wildman–Crippen LogP) is 4.05. The van der Waals surface area contributed by atoms with Gasteiger partial charge in [0.25, 0.3) is 5.91 Å². The molecular weight excluding hydrogens is 355 g/mol. The molecule has 1 aromatic heterocycles. The van der Waals surface area contributed by atoms with Gasteiger partial charge in [0.1, 0.15) is 5.82 Å². The highest BCUT2D eigenvalue weighted by Crippen LogP contribution is 2.40. The van der Waals surface area contributed by atoms with Crippen LogP contribution in [0.15, 0.2) is 47.7 Å². The Balaban J connectivity index is 1.52. The number of aryl methyl sites for hydroxylation is 1. The van der Waals surface area contributed by atoms with Gasteiger partial charge in [0.2, 0.25) is 0 Å². The van der Waals surface area contributed by atoms with Crippen molar-refractivity contribution in [1.82, 2.24) is 14.7 Å². The number of amides is 1. The zero-order valence-corrected chi connectivity index (χ0v) is 15.7. The van der Waals surface area contributed by atoms with Gasteiger partial charge in [-0.25, -0.2) is 4.39 Å². The molecule has 0 aliphatic carbocycles. The summed E-state index contributed by atoms with van der Waals surface area (Å²) >= 11 is 0. The first-order valence-corrected chi connectivity index (χ1v) is 9.34. The smallest absolute Gasteiger partial charge is 0.257 e. The number of nitrogens with zero attached hydrogens (tertiary/aromatic N) is 4. The number of hydrogen-bond acceptors (Lipinski definition) is 3. The van der Waals surface area contributed by atoms with E-state index in [1.807, 2.05) is 56.8 Å². The van der Waals surface area contributed by atoms with Crippen molar-refractivity contribution in [3.05, 3.63) is 70.8 Å². The van der Waals surface area contributed by atoms with Crippen molar-refractivity contribution in [3.8, 4) is 11.1 Å². The summed E-state index contributed by atoms with van der Waals surface area (Å²) in [4.78, 5) is 18.5. The molecule has 1 atom stereocenters. The summed E-state index contributed by atoms with van der Waals surface area (Å²) in [6.07, 6.45) is 5.64. The van der Waals surface area contributed by atoms with Crippen LogP contribution in [0.3, 0.4) is 0 Å². The fraction of sp³-hybridized carbons (Fsp3) is 0.227. The Morgan fingerprint density at radius 2 is 2.07 bits per heavy atom. The van der Waals surface area contributed by atoms with Crippen molar-refractivity contribution >= 4 is 17.8 Å². The Morgan fingerprint density at radius 1 is 1.21 bits per heavy atom. The zero-order chi connectivity index (χ0) is 19.4. The van der Waals surface area contributed by atoms with Gasteiger partial charge in [-0.15, -0.1) is 0 Å². The molecule has 140 valence electrons. The third kappa shape index (κ3) is 2.48. The number of benzene rings is 2. The molecule has 3 heterocycles. The molecule has 0 fully saturated rings. The van der Waals surface area contributed by atoms with E-state index in [2.05, 4.69) is 10.1 Å². The van der Waals surface area contributed by atoms with E-state index in [1.165, 1.54) is 6.07 Å². The maximum Gasteiger partial charge on any atom is 0.257 e. The summed E-state index contributed by atoms with van der Waals surface area (Å²) in [5.41, 5.74) is 5.82. The van der Waals surface area contributed by atoms with Crippen LogP contribution in [-0.2, 0) is 13.6 Å². The Morgan fingerprint density at radius 3 is 2.82 bits per heavy atom. The maximum atomic E-state index is 14.7. The lowest BCUT2D eigenvalue weighted by Gasteiger charge is -2.12. The molecule has 0 spiro atoms. The number of fused-ring (bicyclic) bond motifs is 2. The molecule has 6 heteroatoms. The number of carbonyl (C=O) groups excluding carboxylic acids is 1. The van der Waals surface area contributed by atoms with E-state index in [9.17, 15) is 9.18 Å². The third-order valence-electron chi connectivity index (χ3n) is 5.56. The van der Waals surface area contributed by atoms with E-state index in [0.717, 1.165) is 33.5 Å². The lowest BCUT2D eigenvalue weighted by molar-refractivity contribution is 0.0784. The summed E-state index contributed by atoms with van der Waals surface area (Å²) in [7, 11) is 1.89. The fourth-order valence-electron chi connectivity index (χ4n) is 4.09. The Kier molecular flexibility index (Phi) is 3.69. The van der Waals surface area contributed by atoms with Crippen LogP contribution in [0.4, 0.5) is 10.1 Å². The van der Waals surface area contributed by atoms with Crippen LogP contribution >= 0.6 is 0 Å². The molecular formula is C22H19FN4O. The van der Waals surface area contributed by atoms with Crippen LogP contribution in [0, 0.1) is 5.82 Å². The van der Waals surface area contributed by atoms with E-state index >= 15 is 0 Å². The van der Waals surface area contributed by atoms with Crippen molar-refractivity contribution < 1.29 is 9.18 Å². The Labute approximate surface area is 162 Å². The predicted molar refractivity (Wildman–Crippen MR) is 105 cm³/mol. The zero-order valence-electron chi connectivity index (χ0n) is 15.7. The summed E-state index contributed by atoms with van der Waals surface area (Å²) in [5, 5.41) is 4.22. The highest BCUT2D eigenvalue weighted by atomic mass is 19.1. The minimum Gasteiger partial charge on any atom is -0.334 e. The second-order valence-electron chi connectivity index (χ2n) is 7.29. The summed E-state index contributed by atoms with van der Waals surface area (Å²) in [5.74, 6) is -0.769. The Bertz CT molecular complexity index is 1150. The monoisotopic (exact) mass is 374 g/mol. The molecule has 5 rings (SSSR count). The average molecular weight is 374 g/mol. The second kappa shape index (κ2) is 6.12. The largest absolute Gasteiger partial charge is 0.334 e. The summed E-state index contributed by atoms with van der Waals surface area (Å²) < 4.78 is 16.5. The molecule has 5 nitrogen and oxygen atoms in total. The van der Waals surface area contributed by atoms with Gasteiger partial charge in [-0.1, -0.05) is 18.2 Å². The standard InChI is InChI=1S/C22H19FN4O/c1-3-27-12-15-6-14(7-19(23)21(15)22(27)28)18-10-24-20-8-13(4-5-17(18)20)16-9-25-26(2)11-16/h4-11,18H,3,12H2,1-2H3. The maximum absolute atomic E-state index is 14.7. The van der Waals surface area contributed by atoms with E-state index in [-0.39, 0.29) is 17.4 Å². The summed E-state index contributed by atoms with van der Waals surface area (Å²) in [6.45, 7) is 2.95. The average Bonchev–Trinajstić information content (AvgIpc) is 3.38. The van der Waals surface area contributed by atoms with E-state index < -0.39 is 5.82 Å². The number of rotatable bonds is 3.